The molecule has 0 saturated carbocycles. The van der Waals surface area contributed by atoms with Gasteiger partial charge in [-0.1, -0.05) is 12.1 Å². The van der Waals surface area contributed by atoms with Crippen molar-refractivity contribution in [2.24, 2.45) is 7.05 Å². The standard InChI is InChI=1S/C18H19N5O/c1-13-4-3-5-15(10-13)21-18(24)20-12-16-11-17(23(2)22-16)14-6-8-19-9-7-14/h3-11H,12H2,1-2H3,(H2,20,21,24). The van der Waals surface area contributed by atoms with Crippen molar-refractivity contribution in [1.29, 1.82) is 0 Å². The first-order chi connectivity index (χ1) is 11.6. The van der Waals surface area contributed by atoms with Gasteiger partial charge in [0, 0.05) is 30.7 Å². The molecule has 1 aromatic carbocycles. The highest BCUT2D eigenvalue weighted by molar-refractivity contribution is 5.89. The fourth-order valence-electron chi connectivity index (χ4n) is 2.47. The molecule has 0 fully saturated rings. The minimum absolute atomic E-state index is 0.253. The third-order valence-corrected chi connectivity index (χ3v) is 3.61. The Balaban J connectivity index is 1.62. The first-order valence-electron chi connectivity index (χ1n) is 7.66. The van der Waals surface area contributed by atoms with E-state index >= 15 is 0 Å². The lowest BCUT2D eigenvalue weighted by atomic mass is 10.2. The minimum atomic E-state index is -0.253. The third-order valence-electron chi connectivity index (χ3n) is 3.61. The fraction of sp³-hybridized carbons (Fsp3) is 0.167. The lowest BCUT2D eigenvalue weighted by molar-refractivity contribution is 0.251. The lowest BCUT2D eigenvalue weighted by Gasteiger charge is -2.06. The van der Waals surface area contributed by atoms with E-state index in [2.05, 4.69) is 20.7 Å². The second-order valence-corrected chi connectivity index (χ2v) is 5.56. The van der Waals surface area contributed by atoms with Crippen LogP contribution in [0.25, 0.3) is 11.3 Å². The number of amides is 2. The zero-order valence-electron chi connectivity index (χ0n) is 13.7. The number of benzene rings is 1. The Hall–Kier alpha value is -3.15. The maximum atomic E-state index is 12.0. The maximum Gasteiger partial charge on any atom is 0.319 e. The van der Waals surface area contributed by atoms with Crippen LogP contribution in [0.15, 0.2) is 54.9 Å². The number of carbonyl (C=O) groups is 1. The highest BCUT2D eigenvalue weighted by Crippen LogP contribution is 2.18. The average Bonchev–Trinajstić information content (AvgIpc) is 2.95. The van der Waals surface area contributed by atoms with E-state index in [1.807, 2.05) is 56.4 Å². The molecule has 0 aliphatic carbocycles. The molecule has 3 aromatic rings. The van der Waals surface area contributed by atoms with Crippen molar-refractivity contribution in [3.8, 4) is 11.3 Å². The number of rotatable bonds is 4. The molecule has 0 atom stereocenters. The number of aryl methyl sites for hydroxylation is 2. The van der Waals surface area contributed by atoms with Crippen LogP contribution in [-0.2, 0) is 13.6 Å². The Kier molecular flexibility index (Phi) is 4.56. The Bertz CT molecular complexity index is 842. The van der Waals surface area contributed by atoms with Gasteiger partial charge in [0.15, 0.2) is 0 Å². The van der Waals surface area contributed by atoms with Gasteiger partial charge in [-0.2, -0.15) is 5.10 Å². The fourth-order valence-corrected chi connectivity index (χ4v) is 2.47. The molecule has 2 heterocycles. The van der Waals surface area contributed by atoms with Gasteiger partial charge < -0.3 is 10.6 Å². The molecule has 2 N–H and O–H groups in total. The maximum absolute atomic E-state index is 12.0. The summed E-state index contributed by atoms with van der Waals surface area (Å²) in [7, 11) is 1.88. The van der Waals surface area contributed by atoms with E-state index in [-0.39, 0.29) is 6.03 Å². The second kappa shape index (κ2) is 6.95. The first-order valence-corrected chi connectivity index (χ1v) is 7.66. The van der Waals surface area contributed by atoms with E-state index in [1.54, 1.807) is 17.1 Å². The van der Waals surface area contributed by atoms with Crippen LogP contribution >= 0.6 is 0 Å². The van der Waals surface area contributed by atoms with Gasteiger partial charge in [-0.3, -0.25) is 9.67 Å². The monoisotopic (exact) mass is 321 g/mol. The number of carbonyl (C=O) groups excluding carboxylic acids is 1. The molecule has 0 bridgehead atoms. The predicted octanol–water partition coefficient (Wildman–Crippen LogP) is 3.11. The highest BCUT2D eigenvalue weighted by Gasteiger charge is 2.08. The second-order valence-electron chi connectivity index (χ2n) is 5.56. The molecule has 6 heteroatoms. The van der Waals surface area contributed by atoms with Gasteiger partial charge >= 0.3 is 6.03 Å². The molecule has 6 nitrogen and oxygen atoms in total. The predicted molar refractivity (Wildman–Crippen MR) is 93.5 cm³/mol. The van der Waals surface area contributed by atoms with E-state index in [4.69, 9.17) is 0 Å². The van der Waals surface area contributed by atoms with Crippen LogP contribution in [0.1, 0.15) is 11.3 Å². The highest BCUT2D eigenvalue weighted by atomic mass is 16.2. The smallest absolute Gasteiger partial charge is 0.319 e. The first kappa shape index (κ1) is 15.7. The molecule has 2 aromatic heterocycles. The molecule has 24 heavy (non-hydrogen) atoms. The van der Waals surface area contributed by atoms with Gasteiger partial charge in [0.25, 0.3) is 0 Å². The zero-order valence-corrected chi connectivity index (χ0v) is 13.7. The summed E-state index contributed by atoms with van der Waals surface area (Å²) in [6, 6.07) is 13.2. The van der Waals surface area contributed by atoms with Crippen molar-refractivity contribution in [3.63, 3.8) is 0 Å². The molecule has 122 valence electrons. The number of hydrogen-bond donors (Lipinski definition) is 2. The van der Waals surface area contributed by atoms with E-state index in [9.17, 15) is 4.79 Å². The van der Waals surface area contributed by atoms with Gasteiger partial charge in [0.05, 0.1) is 17.9 Å². The molecule has 0 spiro atoms. The van der Waals surface area contributed by atoms with Crippen molar-refractivity contribution < 1.29 is 4.79 Å². The van der Waals surface area contributed by atoms with Gasteiger partial charge in [-0.15, -0.1) is 0 Å². The SMILES string of the molecule is Cc1cccc(NC(=O)NCc2cc(-c3ccncc3)n(C)n2)c1. The number of hydrogen-bond acceptors (Lipinski definition) is 3. The van der Waals surface area contributed by atoms with Crippen LogP contribution in [0.5, 0.6) is 0 Å². The van der Waals surface area contributed by atoms with Crippen LogP contribution in [0.3, 0.4) is 0 Å². The zero-order chi connectivity index (χ0) is 16.9. The summed E-state index contributed by atoms with van der Waals surface area (Å²) in [5, 5.41) is 10.1. The van der Waals surface area contributed by atoms with Crippen molar-refractivity contribution >= 4 is 11.7 Å². The van der Waals surface area contributed by atoms with Crippen LogP contribution in [0.4, 0.5) is 10.5 Å². The molecule has 3 rings (SSSR count). The summed E-state index contributed by atoms with van der Waals surface area (Å²) in [4.78, 5) is 16.0. The number of anilines is 1. The van der Waals surface area contributed by atoms with Crippen molar-refractivity contribution in [3.05, 3.63) is 66.1 Å². The molecular formula is C18H19N5O. The van der Waals surface area contributed by atoms with Gasteiger partial charge in [-0.05, 0) is 42.8 Å². The topological polar surface area (TPSA) is 71.8 Å². The average molecular weight is 321 g/mol. The normalized spacial score (nSPS) is 10.4. The van der Waals surface area contributed by atoms with Crippen molar-refractivity contribution in [2.45, 2.75) is 13.5 Å². The van der Waals surface area contributed by atoms with Crippen LogP contribution in [0, 0.1) is 6.92 Å². The quantitative estimate of drug-likeness (QED) is 0.775. The van der Waals surface area contributed by atoms with E-state index in [0.717, 1.165) is 28.2 Å². The van der Waals surface area contributed by atoms with Gasteiger partial charge in [-0.25, -0.2) is 4.79 Å². The Morgan fingerprint density at radius 3 is 2.71 bits per heavy atom. The number of pyridine rings is 1. The Morgan fingerprint density at radius 1 is 1.17 bits per heavy atom. The van der Waals surface area contributed by atoms with Crippen LogP contribution in [-0.4, -0.2) is 20.8 Å². The largest absolute Gasteiger partial charge is 0.332 e. The molecule has 0 aliphatic heterocycles. The molecule has 0 aliphatic rings. The van der Waals surface area contributed by atoms with Gasteiger partial charge in [0.2, 0.25) is 0 Å². The molecule has 0 unspecified atom stereocenters. The van der Waals surface area contributed by atoms with E-state index in [0.29, 0.717) is 6.54 Å². The summed E-state index contributed by atoms with van der Waals surface area (Å²) in [5.74, 6) is 0. The summed E-state index contributed by atoms with van der Waals surface area (Å²) < 4.78 is 1.80. The van der Waals surface area contributed by atoms with Crippen molar-refractivity contribution in [1.82, 2.24) is 20.1 Å². The van der Waals surface area contributed by atoms with E-state index < -0.39 is 0 Å². The molecule has 0 radical (unpaired) electrons. The molecule has 0 saturated heterocycles. The van der Waals surface area contributed by atoms with Gasteiger partial charge in [0.1, 0.15) is 0 Å². The minimum Gasteiger partial charge on any atom is -0.332 e. The Morgan fingerprint density at radius 2 is 1.96 bits per heavy atom. The lowest BCUT2D eigenvalue weighted by Crippen LogP contribution is -2.28. The summed E-state index contributed by atoms with van der Waals surface area (Å²) in [6.07, 6.45) is 3.49. The van der Waals surface area contributed by atoms with Crippen molar-refractivity contribution in [2.75, 3.05) is 5.32 Å². The van der Waals surface area contributed by atoms with Crippen LogP contribution < -0.4 is 10.6 Å². The summed E-state index contributed by atoms with van der Waals surface area (Å²) >= 11 is 0. The van der Waals surface area contributed by atoms with Crippen LogP contribution in [0.2, 0.25) is 0 Å². The summed E-state index contributed by atoms with van der Waals surface area (Å²) in [5.41, 5.74) is 4.68. The summed E-state index contributed by atoms with van der Waals surface area (Å²) in [6.45, 7) is 2.34. The number of urea groups is 1. The molecule has 2 amide bonds. The number of nitrogens with one attached hydrogen (secondary N) is 2. The van der Waals surface area contributed by atoms with E-state index in [1.165, 1.54) is 0 Å². The number of nitrogens with zero attached hydrogens (tertiary/aromatic N) is 3. The molecular weight excluding hydrogens is 302 g/mol. The Labute approximate surface area is 140 Å². The third kappa shape index (κ3) is 3.78. The number of aromatic nitrogens is 3.